The molecule has 0 aliphatic carbocycles. The minimum Gasteiger partial charge on any atom is -0.481 e. The van der Waals surface area contributed by atoms with Gasteiger partial charge in [0.2, 0.25) is 0 Å². The van der Waals surface area contributed by atoms with Gasteiger partial charge in [-0.3, -0.25) is 4.79 Å². The van der Waals surface area contributed by atoms with Gasteiger partial charge in [0, 0.05) is 6.42 Å². The van der Waals surface area contributed by atoms with Crippen LogP contribution >= 0.6 is 12.4 Å². The molecule has 0 aromatic heterocycles. The molecule has 0 heterocycles. The Morgan fingerprint density at radius 2 is 2.00 bits per heavy atom. The Kier molecular flexibility index (Phi) is 8.55. The molecule has 0 saturated carbocycles. The van der Waals surface area contributed by atoms with Crippen LogP contribution in [0.15, 0.2) is 0 Å². The summed E-state index contributed by atoms with van der Waals surface area (Å²) >= 11 is 0. The lowest BCUT2D eigenvalue weighted by Crippen LogP contribution is -1.95. The van der Waals surface area contributed by atoms with E-state index in [-0.39, 0.29) is 12.4 Å². The van der Waals surface area contributed by atoms with Gasteiger partial charge in [-0.05, 0) is 12.3 Å². The van der Waals surface area contributed by atoms with Gasteiger partial charge in [-0.15, -0.1) is 12.4 Å². The zero-order valence-corrected chi connectivity index (χ0v) is 7.28. The molecule has 0 aliphatic rings. The molecule has 0 unspecified atom stereocenters. The van der Waals surface area contributed by atoms with Crippen LogP contribution in [0, 0.1) is 5.92 Å². The topological polar surface area (TPSA) is 37.3 Å². The first-order valence-electron chi connectivity index (χ1n) is 3.34. The highest BCUT2D eigenvalue weighted by Gasteiger charge is 1.97. The average molecular weight is 167 g/mol. The summed E-state index contributed by atoms with van der Waals surface area (Å²) in [6.07, 6.45) is 2.15. The number of carbonyl (C=O) groups is 1. The predicted octanol–water partition coefficient (Wildman–Crippen LogP) is 2.32. The first-order valence-corrected chi connectivity index (χ1v) is 3.34. The molecule has 0 radical (unpaired) electrons. The van der Waals surface area contributed by atoms with E-state index >= 15 is 0 Å². The molecule has 10 heavy (non-hydrogen) atoms. The molecule has 0 aliphatic heterocycles. The monoisotopic (exact) mass is 166 g/mol. The maximum atomic E-state index is 9.98. The highest BCUT2D eigenvalue weighted by molar-refractivity contribution is 5.85. The first-order chi connectivity index (χ1) is 4.13. The lowest BCUT2D eigenvalue weighted by molar-refractivity contribution is -0.137. The lowest BCUT2D eigenvalue weighted by atomic mass is 10.1. The van der Waals surface area contributed by atoms with Crippen LogP contribution in [-0.4, -0.2) is 11.1 Å². The van der Waals surface area contributed by atoms with Gasteiger partial charge in [0.05, 0.1) is 0 Å². The fourth-order valence-electron chi connectivity index (χ4n) is 0.662. The van der Waals surface area contributed by atoms with Crippen molar-refractivity contribution in [1.82, 2.24) is 0 Å². The zero-order valence-electron chi connectivity index (χ0n) is 6.46. The number of hydrogen-bond donors (Lipinski definition) is 1. The molecule has 0 atom stereocenters. The molecular formula is C7H15ClO2. The van der Waals surface area contributed by atoms with Crippen LogP contribution in [0.5, 0.6) is 0 Å². The number of carboxylic acids is 1. The second-order valence-electron chi connectivity index (χ2n) is 2.68. The van der Waals surface area contributed by atoms with E-state index in [1.54, 1.807) is 0 Å². The number of carboxylic acid groups (broad SMARTS) is 1. The quantitative estimate of drug-likeness (QED) is 0.696. The maximum Gasteiger partial charge on any atom is 0.303 e. The van der Waals surface area contributed by atoms with Crippen molar-refractivity contribution in [2.75, 3.05) is 0 Å². The van der Waals surface area contributed by atoms with E-state index in [0.717, 1.165) is 12.8 Å². The fraction of sp³-hybridized carbons (Fsp3) is 0.857. The van der Waals surface area contributed by atoms with Crippen LogP contribution in [0.1, 0.15) is 33.1 Å². The Labute approximate surface area is 68.0 Å². The third kappa shape index (κ3) is 10.7. The minimum absolute atomic E-state index is 0. The van der Waals surface area contributed by atoms with E-state index in [9.17, 15) is 4.79 Å². The minimum atomic E-state index is -0.685. The molecule has 0 rings (SSSR count). The molecule has 1 N–H and O–H groups in total. The number of aliphatic carboxylic acids is 1. The Morgan fingerprint density at radius 1 is 1.50 bits per heavy atom. The van der Waals surface area contributed by atoms with Crippen LogP contribution in [0.25, 0.3) is 0 Å². The molecular weight excluding hydrogens is 152 g/mol. The Hall–Kier alpha value is -0.240. The van der Waals surface area contributed by atoms with E-state index in [2.05, 4.69) is 13.8 Å². The van der Waals surface area contributed by atoms with Crippen molar-refractivity contribution >= 4 is 18.4 Å². The summed E-state index contributed by atoms with van der Waals surface area (Å²) in [4.78, 5) is 9.98. The van der Waals surface area contributed by atoms with Gasteiger partial charge in [0.1, 0.15) is 0 Å². The van der Waals surface area contributed by atoms with E-state index in [1.807, 2.05) is 0 Å². The van der Waals surface area contributed by atoms with Crippen molar-refractivity contribution in [2.45, 2.75) is 33.1 Å². The molecule has 0 saturated heterocycles. The summed E-state index contributed by atoms with van der Waals surface area (Å²) < 4.78 is 0. The van der Waals surface area contributed by atoms with E-state index in [0.29, 0.717) is 12.3 Å². The van der Waals surface area contributed by atoms with Crippen LogP contribution in [0.4, 0.5) is 0 Å². The second-order valence-corrected chi connectivity index (χ2v) is 2.68. The summed E-state index contributed by atoms with van der Waals surface area (Å²) in [5, 5.41) is 8.23. The first kappa shape index (κ1) is 12.4. The largest absolute Gasteiger partial charge is 0.481 e. The van der Waals surface area contributed by atoms with Gasteiger partial charge < -0.3 is 5.11 Å². The van der Waals surface area contributed by atoms with Crippen LogP contribution in [-0.2, 0) is 4.79 Å². The normalized spacial score (nSPS) is 9.10. The Bertz CT molecular complexity index is 91.6. The summed E-state index contributed by atoms with van der Waals surface area (Å²) in [5.41, 5.74) is 0. The van der Waals surface area contributed by atoms with Crippen molar-refractivity contribution < 1.29 is 9.90 Å². The highest BCUT2D eigenvalue weighted by atomic mass is 35.5. The zero-order chi connectivity index (χ0) is 7.28. The van der Waals surface area contributed by atoms with Crippen molar-refractivity contribution in [2.24, 2.45) is 5.92 Å². The van der Waals surface area contributed by atoms with Gasteiger partial charge >= 0.3 is 5.97 Å². The second kappa shape index (κ2) is 6.87. The molecule has 0 amide bonds. The Morgan fingerprint density at radius 3 is 2.30 bits per heavy atom. The summed E-state index contributed by atoms with van der Waals surface area (Å²) in [7, 11) is 0. The van der Waals surface area contributed by atoms with Crippen molar-refractivity contribution in [3.8, 4) is 0 Å². The van der Waals surface area contributed by atoms with Gasteiger partial charge in [0.15, 0.2) is 0 Å². The molecule has 62 valence electrons. The molecule has 0 aromatic carbocycles. The van der Waals surface area contributed by atoms with Crippen LogP contribution < -0.4 is 0 Å². The maximum absolute atomic E-state index is 9.98. The molecule has 0 fully saturated rings. The standard InChI is InChI=1S/C7H14O2.ClH/c1-6(2)4-3-5-7(8)9;/h6H,3-5H2,1-2H3,(H,8,9);1H. The number of rotatable bonds is 4. The fourth-order valence-corrected chi connectivity index (χ4v) is 0.662. The third-order valence-electron chi connectivity index (χ3n) is 1.17. The van der Waals surface area contributed by atoms with Gasteiger partial charge in [-0.2, -0.15) is 0 Å². The van der Waals surface area contributed by atoms with E-state index < -0.39 is 5.97 Å². The lowest BCUT2D eigenvalue weighted by Gasteiger charge is -1.99. The van der Waals surface area contributed by atoms with Gasteiger partial charge in [-0.25, -0.2) is 0 Å². The van der Waals surface area contributed by atoms with E-state index in [1.165, 1.54) is 0 Å². The smallest absolute Gasteiger partial charge is 0.303 e. The molecule has 0 bridgehead atoms. The van der Waals surface area contributed by atoms with E-state index in [4.69, 9.17) is 5.11 Å². The summed E-state index contributed by atoms with van der Waals surface area (Å²) in [6, 6.07) is 0. The Balaban J connectivity index is 0. The molecule has 0 spiro atoms. The summed E-state index contributed by atoms with van der Waals surface area (Å²) in [5.74, 6) is -0.0556. The van der Waals surface area contributed by atoms with Crippen molar-refractivity contribution in [3.63, 3.8) is 0 Å². The van der Waals surface area contributed by atoms with Gasteiger partial charge in [0.25, 0.3) is 0 Å². The molecule has 3 heteroatoms. The molecule has 2 nitrogen and oxygen atoms in total. The van der Waals surface area contributed by atoms with Crippen LogP contribution in [0.3, 0.4) is 0 Å². The predicted molar refractivity (Wildman–Crippen MR) is 43.6 cm³/mol. The average Bonchev–Trinajstić information content (AvgIpc) is 1.63. The van der Waals surface area contributed by atoms with Crippen molar-refractivity contribution in [3.05, 3.63) is 0 Å². The van der Waals surface area contributed by atoms with Crippen LogP contribution in [0.2, 0.25) is 0 Å². The number of halogens is 1. The third-order valence-corrected chi connectivity index (χ3v) is 1.17. The summed E-state index contributed by atoms with van der Waals surface area (Å²) in [6.45, 7) is 4.20. The highest BCUT2D eigenvalue weighted by Crippen LogP contribution is 2.05. The van der Waals surface area contributed by atoms with Crippen molar-refractivity contribution in [1.29, 1.82) is 0 Å². The SMILES string of the molecule is CC(C)CCCC(=O)O.Cl. The van der Waals surface area contributed by atoms with Gasteiger partial charge in [-0.1, -0.05) is 20.3 Å². The number of hydrogen-bond acceptors (Lipinski definition) is 1. The molecule has 0 aromatic rings.